The van der Waals surface area contributed by atoms with E-state index < -0.39 is 23.3 Å². The summed E-state index contributed by atoms with van der Waals surface area (Å²) < 4.78 is 4.96. The molecule has 0 atom stereocenters. The van der Waals surface area contributed by atoms with Gasteiger partial charge in [-0.1, -0.05) is 0 Å². The maximum Gasteiger partial charge on any atom is 0.180 e. The number of benzene rings is 1. The highest BCUT2D eigenvalue weighted by molar-refractivity contribution is 6.23. The second-order valence-electron chi connectivity index (χ2n) is 3.75. The van der Waals surface area contributed by atoms with Gasteiger partial charge in [0.1, 0.15) is 23.2 Å². The lowest BCUT2D eigenvalue weighted by molar-refractivity contribution is -0.128. The predicted molar refractivity (Wildman–Crippen MR) is 62.2 cm³/mol. The minimum Gasteiger partial charge on any atom is -0.497 e. The highest BCUT2D eigenvalue weighted by atomic mass is 16.5. The third-order valence-corrected chi connectivity index (χ3v) is 2.45. The topological polar surface area (TPSA) is 60.4 Å². The second kappa shape index (κ2) is 5.39. The lowest BCUT2D eigenvalue weighted by atomic mass is 9.91. The Morgan fingerprint density at radius 3 is 1.82 bits per heavy atom. The Morgan fingerprint density at radius 2 is 1.47 bits per heavy atom. The number of ketones is 3. The van der Waals surface area contributed by atoms with Gasteiger partial charge < -0.3 is 4.74 Å². The largest absolute Gasteiger partial charge is 0.497 e. The maximum absolute atomic E-state index is 11.9. The van der Waals surface area contributed by atoms with E-state index in [0.717, 1.165) is 0 Å². The molecule has 17 heavy (non-hydrogen) atoms. The van der Waals surface area contributed by atoms with Crippen LogP contribution in [0.4, 0.5) is 0 Å². The number of hydrogen-bond acceptors (Lipinski definition) is 4. The number of methoxy groups -OCH3 is 1. The molecular formula is C13H14O4. The number of rotatable bonds is 5. The Labute approximate surface area is 99.6 Å². The van der Waals surface area contributed by atoms with E-state index in [9.17, 15) is 14.4 Å². The maximum atomic E-state index is 11.9. The van der Waals surface area contributed by atoms with Crippen molar-refractivity contribution in [2.75, 3.05) is 7.11 Å². The molecule has 0 aliphatic carbocycles. The molecule has 0 heterocycles. The molecule has 1 aromatic carbocycles. The van der Waals surface area contributed by atoms with E-state index in [-0.39, 0.29) is 0 Å². The molecule has 4 heteroatoms. The van der Waals surface area contributed by atoms with Gasteiger partial charge in [-0.15, -0.1) is 0 Å². The molecule has 0 aliphatic rings. The fraction of sp³-hybridized carbons (Fsp3) is 0.308. The molecule has 0 radical (unpaired) electrons. The third kappa shape index (κ3) is 3.00. The predicted octanol–water partition coefficient (Wildman–Crippen LogP) is 1.67. The van der Waals surface area contributed by atoms with Crippen LogP contribution in [0.5, 0.6) is 5.75 Å². The number of ether oxygens (including phenoxy) is 1. The van der Waals surface area contributed by atoms with Crippen molar-refractivity contribution in [3.63, 3.8) is 0 Å². The van der Waals surface area contributed by atoms with Crippen LogP contribution in [-0.2, 0) is 9.59 Å². The summed E-state index contributed by atoms with van der Waals surface area (Å²) >= 11 is 0. The fourth-order valence-corrected chi connectivity index (χ4v) is 1.58. The van der Waals surface area contributed by atoms with E-state index in [1.807, 2.05) is 0 Å². The highest BCUT2D eigenvalue weighted by Gasteiger charge is 2.28. The van der Waals surface area contributed by atoms with Crippen LogP contribution in [0.3, 0.4) is 0 Å². The normalized spacial score (nSPS) is 10.1. The number of carbonyl (C=O) groups is 3. The summed E-state index contributed by atoms with van der Waals surface area (Å²) in [7, 11) is 1.52. The number of Topliss-reactive ketones (excluding diaryl/α,β-unsaturated/α-hetero) is 3. The first kappa shape index (κ1) is 13.1. The second-order valence-corrected chi connectivity index (χ2v) is 3.75. The summed E-state index contributed by atoms with van der Waals surface area (Å²) in [6, 6.07) is 6.31. The Balaban J connectivity index is 3.01. The SMILES string of the molecule is COc1ccc(C(=O)C(C(C)=O)C(C)=O)cc1. The van der Waals surface area contributed by atoms with Crippen LogP contribution < -0.4 is 4.74 Å². The van der Waals surface area contributed by atoms with Gasteiger partial charge in [-0.25, -0.2) is 0 Å². The van der Waals surface area contributed by atoms with Gasteiger partial charge in [-0.2, -0.15) is 0 Å². The highest BCUT2D eigenvalue weighted by Crippen LogP contribution is 2.16. The van der Waals surface area contributed by atoms with E-state index in [1.165, 1.54) is 21.0 Å². The van der Waals surface area contributed by atoms with Crippen molar-refractivity contribution < 1.29 is 19.1 Å². The molecule has 0 aliphatic heterocycles. The van der Waals surface area contributed by atoms with Crippen LogP contribution in [0.25, 0.3) is 0 Å². The van der Waals surface area contributed by atoms with E-state index in [2.05, 4.69) is 0 Å². The number of carbonyl (C=O) groups excluding carboxylic acids is 3. The Hall–Kier alpha value is -1.97. The van der Waals surface area contributed by atoms with Gasteiger partial charge in [0.2, 0.25) is 0 Å². The summed E-state index contributed by atoms with van der Waals surface area (Å²) in [6.07, 6.45) is 0. The Morgan fingerprint density at radius 1 is 1.00 bits per heavy atom. The fourth-order valence-electron chi connectivity index (χ4n) is 1.58. The van der Waals surface area contributed by atoms with Crippen molar-refractivity contribution in [1.82, 2.24) is 0 Å². The summed E-state index contributed by atoms with van der Waals surface area (Å²) in [5.74, 6) is -1.91. The molecule has 0 aromatic heterocycles. The van der Waals surface area contributed by atoms with Crippen molar-refractivity contribution in [2.24, 2.45) is 5.92 Å². The third-order valence-electron chi connectivity index (χ3n) is 2.45. The minimum absolute atomic E-state index is 0.334. The van der Waals surface area contributed by atoms with Gasteiger partial charge in [0.05, 0.1) is 7.11 Å². The molecule has 0 N–H and O–H groups in total. The molecule has 1 aromatic rings. The van der Waals surface area contributed by atoms with Crippen molar-refractivity contribution in [1.29, 1.82) is 0 Å². The molecule has 0 fully saturated rings. The van der Waals surface area contributed by atoms with E-state index >= 15 is 0 Å². The Kier molecular flexibility index (Phi) is 4.15. The zero-order chi connectivity index (χ0) is 13.0. The van der Waals surface area contributed by atoms with Gasteiger partial charge in [-0.3, -0.25) is 14.4 Å². The van der Waals surface area contributed by atoms with Gasteiger partial charge >= 0.3 is 0 Å². The van der Waals surface area contributed by atoms with Crippen molar-refractivity contribution in [3.05, 3.63) is 29.8 Å². The zero-order valence-electron chi connectivity index (χ0n) is 10.0. The average Bonchev–Trinajstić information content (AvgIpc) is 2.28. The van der Waals surface area contributed by atoms with Crippen molar-refractivity contribution in [2.45, 2.75) is 13.8 Å². The van der Waals surface area contributed by atoms with E-state index in [0.29, 0.717) is 11.3 Å². The van der Waals surface area contributed by atoms with Crippen LogP contribution in [0, 0.1) is 5.92 Å². The molecule has 0 bridgehead atoms. The van der Waals surface area contributed by atoms with E-state index in [1.54, 1.807) is 24.3 Å². The smallest absolute Gasteiger partial charge is 0.180 e. The molecule has 4 nitrogen and oxygen atoms in total. The zero-order valence-corrected chi connectivity index (χ0v) is 10.0. The Bertz CT molecular complexity index is 431. The standard InChI is InChI=1S/C13H14O4/c1-8(14)12(9(2)15)13(16)10-4-6-11(17-3)7-5-10/h4-7,12H,1-3H3. The number of hydrogen-bond donors (Lipinski definition) is 0. The van der Waals surface area contributed by atoms with E-state index in [4.69, 9.17) is 4.74 Å². The minimum atomic E-state index is -1.19. The van der Waals surface area contributed by atoms with Crippen LogP contribution in [-0.4, -0.2) is 24.5 Å². The molecule has 0 saturated carbocycles. The summed E-state index contributed by atoms with van der Waals surface area (Å²) in [5, 5.41) is 0. The molecule has 0 spiro atoms. The van der Waals surface area contributed by atoms with Crippen LogP contribution >= 0.6 is 0 Å². The quantitative estimate of drug-likeness (QED) is 0.574. The molecule has 0 amide bonds. The molecular weight excluding hydrogens is 220 g/mol. The monoisotopic (exact) mass is 234 g/mol. The van der Waals surface area contributed by atoms with Gasteiger partial charge in [0, 0.05) is 5.56 Å². The molecule has 1 rings (SSSR count). The van der Waals surface area contributed by atoms with Gasteiger partial charge in [-0.05, 0) is 38.1 Å². The van der Waals surface area contributed by atoms with Crippen LogP contribution in [0.15, 0.2) is 24.3 Å². The van der Waals surface area contributed by atoms with Crippen molar-refractivity contribution >= 4 is 17.3 Å². The van der Waals surface area contributed by atoms with Gasteiger partial charge in [0.25, 0.3) is 0 Å². The first-order valence-corrected chi connectivity index (χ1v) is 5.16. The van der Waals surface area contributed by atoms with Crippen molar-refractivity contribution in [3.8, 4) is 5.75 Å². The first-order valence-electron chi connectivity index (χ1n) is 5.16. The molecule has 90 valence electrons. The summed E-state index contributed by atoms with van der Waals surface area (Å²) in [6.45, 7) is 2.49. The summed E-state index contributed by atoms with van der Waals surface area (Å²) in [5.41, 5.74) is 0.334. The van der Waals surface area contributed by atoms with Crippen LogP contribution in [0.2, 0.25) is 0 Å². The average molecular weight is 234 g/mol. The summed E-state index contributed by atoms with van der Waals surface area (Å²) in [4.78, 5) is 34.5. The van der Waals surface area contributed by atoms with Crippen LogP contribution in [0.1, 0.15) is 24.2 Å². The van der Waals surface area contributed by atoms with Gasteiger partial charge in [0.15, 0.2) is 5.78 Å². The molecule has 0 saturated heterocycles. The lowest BCUT2D eigenvalue weighted by Crippen LogP contribution is -2.28. The first-order chi connectivity index (χ1) is 7.97. The molecule has 0 unspecified atom stereocenters. The lowest BCUT2D eigenvalue weighted by Gasteiger charge is -2.09.